The monoisotopic (exact) mass is 256 g/mol. The average molecular weight is 257 g/mol. The highest BCUT2D eigenvalue weighted by Gasteiger charge is 2.38. The number of ether oxygens (including phenoxy) is 1. The van der Waals surface area contributed by atoms with E-state index in [1.165, 1.54) is 0 Å². The van der Waals surface area contributed by atoms with E-state index in [2.05, 4.69) is 11.4 Å². The van der Waals surface area contributed by atoms with Crippen LogP contribution in [0.5, 0.6) is 0 Å². The van der Waals surface area contributed by atoms with E-state index in [4.69, 9.17) is 33.2 Å². The second kappa shape index (κ2) is 4.50. The Morgan fingerprint density at radius 2 is 2.19 bits per heavy atom. The summed E-state index contributed by atoms with van der Waals surface area (Å²) in [7, 11) is 0. The first-order valence-corrected chi connectivity index (χ1v) is 5.59. The standard InChI is InChI=1S/C11H10Cl2N2O/c12-8-1-2-9(13)10(3-8)15-5-11(4-14)6-16-7-11/h1-3,15H,5-7H2. The maximum absolute atomic E-state index is 9.01. The predicted octanol–water partition coefficient (Wildman–Crippen LogP) is 2.95. The van der Waals surface area contributed by atoms with Crippen LogP contribution in [0, 0.1) is 16.7 Å². The van der Waals surface area contributed by atoms with Crippen molar-refractivity contribution >= 4 is 28.9 Å². The number of nitriles is 1. The lowest BCUT2D eigenvalue weighted by atomic mass is 9.88. The van der Waals surface area contributed by atoms with E-state index in [0.717, 1.165) is 5.69 Å². The molecule has 16 heavy (non-hydrogen) atoms. The molecule has 84 valence electrons. The maximum Gasteiger partial charge on any atom is 0.121 e. The third-order valence-corrected chi connectivity index (χ3v) is 3.10. The molecule has 2 rings (SSSR count). The van der Waals surface area contributed by atoms with Crippen LogP contribution in [-0.2, 0) is 4.74 Å². The third kappa shape index (κ3) is 2.25. The number of hydrogen-bond donors (Lipinski definition) is 1. The van der Waals surface area contributed by atoms with Crippen LogP contribution in [0.2, 0.25) is 10.0 Å². The van der Waals surface area contributed by atoms with Crippen LogP contribution in [0.15, 0.2) is 18.2 Å². The van der Waals surface area contributed by atoms with Gasteiger partial charge < -0.3 is 10.1 Å². The van der Waals surface area contributed by atoms with Gasteiger partial charge in [0.15, 0.2) is 0 Å². The van der Waals surface area contributed by atoms with Crippen molar-refractivity contribution in [2.24, 2.45) is 5.41 Å². The number of rotatable bonds is 3. The zero-order valence-electron chi connectivity index (χ0n) is 8.46. The van der Waals surface area contributed by atoms with E-state index in [0.29, 0.717) is 29.8 Å². The van der Waals surface area contributed by atoms with E-state index < -0.39 is 5.41 Å². The van der Waals surface area contributed by atoms with Crippen LogP contribution in [0.1, 0.15) is 0 Å². The number of halogens is 2. The Bertz CT molecular complexity index is 438. The molecule has 1 aliphatic heterocycles. The highest BCUT2D eigenvalue weighted by Crippen LogP contribution is 2.30. The van der Waals surface area contributed by atoms with Crippen molar-refractivity contribution in [2.75, 3.05) is 25.1 Å². The molecule has 0 amide bonds. The normalized spacial score (nSPS) is 17.3. The zero-order chi connectivity index (χ0) is 11.6. The highest BCUT2D eigenvalue weighted by atomic mass is 35.5. The van der Waals surface area contributed by atoms with Crippen molar-refractivity contribution in [3.05, 3.63) is 28.2 Å². The molecule has 0 spiro atoms. The number of hydrogen-bond acceptors (Lipinski definition) is 3. The number of nitrogens with one attached hydrogen (secondary N) is 1. The Balaban J connectivity index is 2.05. The highest BCUT2D eigenvalue weighted by molar-refractivity contribution is 6.35. The van der Waals surface area contributed by atoms with Crippen LogP contribution < -0.4 is 5.32 Å². The van der Waals surface area contributed by atoms with Crippen molar-refractivity contribution in [1.29, 1.82) is 5.26 Å². The molecule has 0 radical (unpaired) electrons. The molecule has 0 atom stereocenters. The van der Waals surface area contributed by atoms with Crippen molar-refractivity contribution in [3.8, 4) is 6.07 Å². The topological polar surface area (TPSA) is 45.0 Å². The Morgan fingerprint density at radius 3 is 2.75 bits per heavy atom. The fourth-order valence-electron chi connectivity index (χ4n) is 1.45. The minimum atomic E-state index is -0.425. The van der Waals surface area contributed by atoms with E-state index in [1.807, 2.05) is 0 Å². The number of benzene rings is 1. The molecule has 1 heterocycles. The van der Waals surface area contributed by atoms with Gasteiger partial charge in [0.05, 0.1) is 30.0 Å². The molecule has 1 aromatic carbocycles. The molecule has 0 aliphatic carbocycles. The van der Waals surface area contributed by atoms with Gasteiger partial charge in [-0.25, -0.2) is 0 Å². The lowest BCUT2D eigenvalue weighted by Gasteiger charge is -2.35. The maximum atomic E-state index is 9.01. The molecule has 1 aliphatic rings. The summed E-state index contributed by atoms with van der Waals surface area (Å²) >= 11 is 11.9. The van der Waals surface area contributed by atoms with Gasteiger partial charge in [0.25, 0.3) is 0 Å². The molecule has 0 aromatic heterocycles. The van der Waals surface area contributed by atoms with Crippen LogP contribution in [-0.4, -0.2) is 19.8 Å². The van der Waals surface area contributed by atoms with Gasteiger partial charge in [-0.2, -0.15) is 5.26 Å². The number of nitrogens with zero attached hydrogens (tertiary/aromatic N) is 1. The lowest BCUT2D eigenvalue weighted by molar-refractivity contribution is -0.0690. The van der Waals surface area contributed by atoms with Gasteiger partial charge in [-0.05, 0) is 18.2 Å². The van der Waals surface area contributed by atoms with E-state index >= 15 is 0 Å². The minimum absolute atomic E-state index is 0.425. The van der Waals surface area contributed by atoms with Gasteiger partial charge in [-0.3, -0.25) is 0 Å². The van der Waals surface area contributed by atoms with Gasteiger partial charge in [0.1, 0.15) is 5.41 Å². The van der Waals surface area contributed by atoms with Gasteiger partial charge in [0.2, 0.25) is 0 Å². The van der Waals surface area contributed by atoms with Crippen LogP contribution in [0.25, 0.3) is 0 Å². The van der Waals surface area contributed by atoms with Crippen LogP contribution in [0.4, 0.5) is 5.69 Å². The second-order valence-electron chi connectivity index (χ2n) is 3.86. The van der Waals surface area contributed by atoms with Crippen LogP contribution in [0.3, 0.4) is 0 Å². The van der Waals surface area contributed by atoms with Crippen molar-refractivity contribution < 1.29 is 4.74 Å². The molecule has 0 bridgehead atoms. The van der Waals surface area contributed by atoms with Gasteiger partial charge in [0, 0.05) is 11.6 Å². The molecule has 1 fully saturated rings. The molecule has 3 nitrogen and oxygen atoms in total. The molecule has 0 saturated carbocycles. The molecule has 1 N–H and O–H groups in total. The molecular formula is C11H10Cl2N2O. The molecule has 0 unspecified atom stereocenters. The fourth-order valence-corrected chi connectivity index (χ4v) is 1.81. The second-order valence-corrected chi connectivity index (χ2v) is 4.71. The summed E-state index contributed by atoms with van der Waals surface area (Å²) in [5.41, 5.74) is 0.321. The Morgan fingerprint density at radius 1 is 1.44 bits per heavy atom. The Labute approximate surface area is 104 Å². The van der Waals surface area contributed by atoms with E-state index in [9.17, 15) is 0 Å². The summed E-state index contributed by atoms with van der Waals surface area (Å²) in [6.45, 7) is 1.45. The van der Waals surface area contributed by atoms with Crippen molar-refractivity contribution in [1.82, 2.24) is 0 Å². The van der Waals surface area contributed by atoms with Crippen molar-refractivity contribution in [3.63, 3.8) is 0 Å². The number of anilines is 1. The first-order valence-electron chi connectivity index (χ1n) is 4.83. The first-order chi connectivity index (χ1) is 7.65. The van der Waals surface area contributed by atoms with E-state index in [-0.39, 0.29) is 0 Å². The average Bonchev–Trinajstić information content (AvgIpc) is 2.22. The van der Waals surface area contributed by atoms with Gasteiger partial charge >= 0.3 is 0 Å². The minimum Gasteiger partial charge on any atom is -0.382 e. The lowest BCUT2D eigenvalue weighted by Crippen LogP contribution is -2.46. The summed E-state index contributed by atoms with van der Waals surface area (Å²) in [6.07, 6.45) is 0. The Hall–Kier alpha value is -0.950. The van der Waals surface area contributed by atoms with Gasteiger partial charge in [-0.15, -0.1) is 0 Å². The third-order valence-electron chi connectivity index (χ3n) is 2.54. The van der Waals surface area contributed by atoms with Crippen molar-refractivity contribution in [2.45, 2.75) is 0 Å². The quantitative estimate of drug-likeness (QED) is 0.905. The summed E-state index contributed by atoms with van der Waals surface area (Å²) in [6, 6.07) is 7.45. The largest absolute Gasteiger partial charge is 0.382 e. The molecule has 1 saturated heterocycles. The van der Waals surface area contributed by atoms with E-state index in [1.54, 1.807) is 18.2 Å². The smallest absolute Gasteiger partial charge is 0.121 e. The van der Waals surface area contributed by atoms with Gasteiger partial charge in [-0.1, -0.05) is 23.2 Å². The summed E-state index contributed by atoms with van der Waals surface area (Å²) in [5, 5.41) is 13.3. The fraction of sp³-hybridized carbons (Fsp3) is 0.364. The molecule has 5 heteroatoms. The predicted molar refractivity (Wildman–Crippen MR) is 63.8 cm³/mol. The summed E-state index contributed by atoms with van der Waals surface area (Å²) in [5.74, 6) is 0. The van der Waals surface area contributed by atoms with Crippen LogP contribution >= 0.6 is 23.2 Å². The molecular weight excluding hydrogens is 247 g/mol. The zero-order valence-corrected chi connectivity index (χ0v) is 9.98. The SMILES string of the molecule is N#CC1(CNc2cc(Cl)ccc2Cl)COC1. The molecule has 1 aromatic rings. The first kappa shape index (κ1) is 11.5. The summed E-state index contributed by atoms with van der Waals surface area (Å²) < 4.78 is 5.05. The summed E-state index contributed by atoms with van der Waals surface area (Å²) in [4.78, 5) is 0. The Kier molecular flexibility index (Phi) is 3.25.